The fourth-order valence-electron chi connectivity index (χ4n) is 3.80. The predicted molar refractivity (Wildman–Crippen MR) is 123 cm³/mol. The van der Waals surface area contributed by atoms with E-state index < -0.39 is 0 Å². The zero-order valence-electron chi connectivity index (χ0n) is 16.9. The third-order valence-corrected chi connectivity index (χ3v) is 5.82. The van der Waals surface area contributed by atoms with Gasteiger partial charge in [-0.2, -0.15) is 5.26 Å². The Morgan fingerprint density at radius 3 is 2.39 bits per heavy atom. The highest BCUT2D eigenvalue weighted by Crippen LogP contribution is 2.39. The second-order valence-corrected chi connectivity index (χ2v) is 8.16. The molecule has 0 spiro atoms. The summed E-state index contributed by atoms with van der Waals surface area (Å²) in [7, 11) is 0. The lowest BCUT2D eigenvalue weighted by atomic mass is 9.86. The summed E-state index contributed by atoms with van der Waals surface area (Å²) in [5, 5.41) is 9.05. The SMILES string of the molecule is CCC(=O)C1=C(c2ccccc2)c2cc(Br)ccc2CN1C(=O)c1ccc(C#N)cc1. The van der Waals surface area contributed by atoms with Crippen molar-refractivity contribution in [2.75, 3.05) is 0 Å². The molecule has 4 rings (SSSR count). The van der Waals surface area contributed by atoms with E-state index in [4.69, 9.17) is 5.26 Å². The van der Waals surface area contributed by atoms with E-state index in [2.05, 4.69) is 22.0 Å². The maximum atomic E-state index is 13.5. The quantitative estimate of drug-likeness (QED) is 0.490. The van der Waals surface area contributed by atoms with Crippen molar-refractivity contribution in [3.8, 4) is 6.07 Å². The first-order chi connectivity index (χ1) is 15.0. The molecule has 0 aromatic heterocycles. The number of benzene rings is 3. The van der Waals surface area contributed by atoms with E-state index in [0.29, 0.717) is 23.4 Å². The smallest absolute Gasteiger partial charge is 0.258 e. The van der Waals surface area contributed by atoms with Gasteiger partial charge in [-0.3, -0.25) is 14.5 Å². The van der Waals surface area contributed by atoms with Crippen LogP contribution in [-0.2, 0) is 11.3 Å². The van der Waals surface area contributed by atoms with Gasteiger partial charge in [0, 0.05) is 22.0 Å². The van der Waals surface area contributed by atoms with Gasteiger partial charge in [-0.15, -0.1) is 0 Å². The lowest BCUT2D eigenvalue weighted by Crippen LogP contribution is -2.37. The van der Waals surface area contributed by atoms with E-state index in [1.165, 1.54) is 0 Å². The van der Waals surface area contributed by atoms with Gasteiger partial charge in [0.05, 0.1) is 23.9 Å². The number of fused-ring (bicyclic) bond motifs is 1. The van der Waals surface area contributed by atoms with E-state index in [-0.39, 0.29) is 18.1 Å². The molecule has 0 bridgehead atoms. The molecule has 0 aliphatic carbocycles. The molecule has 0 atom stereocenters. The van der Waals surface area contributed by atoms with Crippen molar-refractivity contribution >= 4 is 33.2 Å². The molecule has 152 valence electrons. The molecule has 1 aliphatic rings. The average Bonchev–Trinajstić information content (AvgIpc) is 2.82. The normalized spacial score (nSPS) is 12.9. The molecule has 3 aromatic carbocycles. The number of hydrogen-bond donors (Lipinski definition) is 0. The van der Waals surface area contributed by atoms with Crippen LogP contribution in [0.5, 0.6) is 0 Å². The highest BCUT2D eigenvalue weighted by atomic mass is 79.9. The Kier molecular flexibility index (Phi) is 5.83. The van der Waals surface area contributed by atoms with E-state index in [1.807, 2.05) is 48.5 Å². The van der Waals surface area contributed by atoms with E-state index >= 15 is 0 Å². The zero-order chi connectivity index (χ0) is 22.0. The van der Waals surface area contributed by atoms with Crippen molar-refractivity contribution in [2.45, 2.75) is 19.9 Å². The number of allylic oxidation sites excluding steroid dienone is 1. The molecule has 0 saturated heterocycles. The Labute approximate surface area is 189 Å². The van der Waals surface area contributed by atoms with Crippen molar-refractivity contribution in [1.29, 1.82) is 5.26 Å². The van der Waals surface area contributed by atoms with Crippen molar-refractivity contribution in [3.05, 3.63) is 111 Å². The molecule has 3 aromatic rings. The third-order valence-electron chi connectivity index (χ3n) is 5.33. The van der Waals surface area contributed by atoms with Gasteiger partial charge in [-0.05, 0) is 53.1 Å². The molecule has 31 heavy (non-hydrogen) atoms. The summed E-state index contributed by atoms with van der Waals surface area (Å²) in [6.45, 7) is 2.11. The van der Waals surface area contributed by atoms with Crippen LogP contribution in [-0.4, -0.2) is 16.6 Å². The number of rotatable bonds is 4. The molecule has 0 unspecified atom stereocenters. The molecule has 0 radical (unpaired) electrons. The maximum Gasteiger partial charge on any atom is 0.258 e. The highest BCUT2D eigenvalue weighted by Gasteiger charge is 2.33. The minimum Gasteiger partial charge on any atom is -0.300 e. The second kappa shape index (κ2) is 8.71. The fraction of sp³-hybridized carbons (Fsp3) is 0.115. The molecular formula is C26H19BrN2O2. The maximum absolute atomic E-state index is 13.5. The molecule has 0 saturated carbocycles. The van der Waals surface area contributed by atoms with Gasteiger partial charge >= 0.3 is 0 Å². The second-order valence-electron chi connectivity index (χ2n) is 7.25. The number of hydrogen-bond acceptors (Lipinski definition) is 3. The first-order valence-corrected chi connectivity index (χ1v) is 10.8. The number of halogens is 1. The standard InChI is InChI=1S/C26H19BrN2O2/c1-2-23(30)25-24(18-6-4-3-5-7-18)22-14-21(27)13-12-20(22)16-29(25)26(31)19-10-8-17(15-28)9-11-19/h3-14H,2,16H2,1H3. The molecule has 0 fully saturated rings. The summed E-state index contributed by atoms with van der Waals surface area (Å²) in [5.41, 5.74) is 4.89. The first kappa shape index (κ1) is 20.8. The number of carbonyl (C=O) groups excluding carboxylic acids is 2. The Balaban J connectivity index is 1.95. The van der Waals surface area contributed by atoms with Crippen molar-refractivity contribution in [1.82, 2.24) is 4.90 Å². The molecule has 1 amide bonds. The van der Waals surface area contributed by atoms with Crippen LogP contribution < -0.4 is 0 Å². The Morgan fingerprint density at radius 2 is 1.74 bits per heavy atom. The zero-order valence-corrected chi connectivity index (χ0v) is 18.5. The molecule has 1 aliphatic heterocycles. The van der Waals surface area contributed by atoms with Crippen LogP contribution in [0, 0.1) is 11.3 Å². The molecule has 4 nitrogen and oxygen atoms in total. The summed E-state index contributed by atoms with van der Waals surface area (Å²) in [6.07, 6.45) is 0.284. The number of ketones is 1. The average molecular weight is 471 g/mol. The third kappa shape index (κ3) is 3.95. The van der Waals surface area contributed by atoms with Gasteiger partial charge in [-0.25, -0.2) is 0 Å². The van der Waals surface area contributed by atoms with Crippen LogP contribution in [0.2, 0.25) is 0 Å². The van der Waals surface area contributed by atoms with Gasteiger partial charge in [0.25, 0.3) is 5.91 Å². The van der Waals surface area contributed by atoms with Crippen LogP contribution >= 0.6 is 15.9 Å². The predicted octanol–water partition coefficient (Wildman–Crippen LogP) is 5.72. The lowest BCUT2D eigenvalue weighted by molar-refractivity contribution is -0.116. The number of carbonyl (C=O) groups is 2. The van der Waals surface area contributed by atoms with Gasteiger partial charge in [0.15, 0.2) is 5.78 Å². The lowest BCUT2D eigenvalue weighted by Gasteiger charge is -2.33. The highest BCUT2D eigenvalue weighted by molar-refractivity contribution is 9.10. The Bertz CT molecular complexity index is 1240. The largest absolute Gasteiger partial charge is 0.300 e. The number of amides is 1. The number of nitriles is 1. The number of nitrogens with zero attached hydrogens (tertiary/aromatic N) is 2. The van der Waals surface area contributed by atoms with Crippen LogP contribution in [0.1, 0.15) is 46.0 Å². The minimum absolute atomic E-state index is 0.0912. The number of Topliss-reactive ketones (excluding diaryl/α,β-unsaturated/α-hetero) is 1. The molecule has 0 N–H and O–H groups in total. The van der Waals surface area contributed by atoms with Gasteiger partial charge in [0.2, 0.25) is 0 Å². The summed E-state index contributed by atoms with van der Waals surface area (Å²) in [5.74, 6) is -0.352. The Hall–Kier alpha value is -3.49. The summed E-state index contributed by atoms with van der Waals surface area (Å²) in [6, 6.07) is 24.2. The van der Waals surface area contributed by atoms with Crippen LogP contribution in [0.15, 0.2) is 83.0 Å². The van der Waals surface area contributed by atoms with Crippen LogP contribution in [0.4, 0.5) is 0 Å². The van der Waals surface area contributed by atoms with Gasteiger partial charge in [-0.1, -0.05) is 59.3 Å². The van der Waals surface area contributed by atoms with Crippen LogP contribution in [0.3, 0.4) is 0 Å². The minimum atomic E-state index is -0.261. The summed E-state index contributed by atoms with van der Waals surface area (Å²) in [4.78, 5) is 28.3. The van der Waals surface area contributed by atoms with Gasteiger partial charge < -0.3 is 0 Å². The molecule has 5 heteroatoms. The van der Waals surface area contributed by atoms with Gasteiger partial charge in [0.1, 0.15) is 0 Å². The Morgan fingerprint density at radius 1 is 1.03 bits per heavy atom. The molecular weight excluding hydrogens is 452 g/mol. The van der Waals surface area contributed by atoms with Crippen LogP contribution in [0.25, 0.3) is 5.57 Å². The van der Waals surface area contributed by atoms with E-state index in [1.54, 1.807) is 36.1 Å². The van der Waals surface area contributed by atoms with Crippen molar-refractivity contribution in [3.63, 3.8) is 0 Å². The molecule has 1 heterocycles. The van der Waals surface area contributed by atoms with E-state index in [9.17, 15) is 9.59 Å². The van der Waals surface area contributed by atoms with Crippen molar-refractivity contribution < 1.29 is 9.59 Å². The summed E-state index contributed by atoms with van der Waals surface area (Å²) >= 11 is 3.54. The fourth-order valence-corrected chi connectivity index (χ4v) is 4.16. The van der Waals surface area contributed by atoms with E-state index in [0.717, 1.165) is 26.7 Å². The first-order valence-electron chi connectivity index (χ1n) is 9.97. The van der Waals surface area contributed by atoms with Crippen molar-refractivity contribution in [2.24, 2.45) is 0 Å². The topological polar surface area (TPSA) is 61.2 Å². The monoisotopic (exact) mass is 470 g/mol. The summed E-state index contributed by atoms with van der Waals surface area (Å²) < 4.78 is 0.912.